The van der Waals surface area contributed by atoms with Crippen molar-refractivity contribution in [3.05, 3.63) is 36.2 Å². The van der Waals surface area contributed by atoms with Crippen molar-refractivity contribution in [2.45, 2.75) is 19.7 Å². The van der Waals surface area contributed by atoms with Gasteiger partial charge in [0.25, 0.3) is 0 Å². The average molecular weight is 299 g/mol. The fourth-order valence-electron chi connectivity index (χ4n) is 1.56. The zero-order valence-electron chi connectivity index (χ0n) is 11.0. The summed E-state index contributed by atoms with van der Waals surface area (Å²) in [5.74, 6) is 0.0816. The first-order chi connectivity index (χ1) is 9.87. The molecular weight excluding hydrogens is 287 g/mol. The number of aromatic nitrogens is 2. The molecule has 5 nitrogen and oxygen atoms in total. The van der Waals surface area contributed by atoms with E-state index in [-0.39, 0.29) is 17.4 Å². The first-order valence-electron chi connectivity index (χ1n) is 6.03. The van der Waals surface area contributed by atoms with Crippen LogP contribution in [0.3, 0.4) is 0 Å². The highest BCUT2D eigenvalue weighted by molar-refractivity contribution is 5.43. The summed E-state index contributed by atoms with van der Waals surface area (Å²) < 4.78 is 46.2. The summed E-state index contributed by atoms with van der Waals surface area (Å²) in [4.78, 5) is 7.99. The molecule has 0 aliphatic rings. The maximum Gasteiger partial charge on any atom is 0.573 e. The van der Waals surface area contributed by atoms with E-state index in [0.29, 0.717) is 12.2 Å². The van der Waals surface area contributed by atoms with Crippen LogP contribution in [0.25, 0.3) is 0 Å². The third-order valence-corrected chi connectivity index (χ3v) is 2.37. The van der Waals surface area contributed by atoms with Gasteiger partial charge >= 0.3 is 6.36 Å². The Morgan fingerprint density at radius 1 is 1.14 bits per heavy atom. The van der Waals surface area contributed by atoms with Crippen molar-refractivity contribution in [3.8, 4) is 17.4 Å². The number of para-hydroxylation sites is 2. The van der Waals surface area contributed by atoms with E-state index in [1.807, 2.05) is 6.92 Å². The number of halogens is 3. The van der Waals surface area contributed by atoms with E-state index in [0.717, 1.165) is 6.07 Å². The molecule has 1 aromatic heterocycles. The number of nitrogens with two attached hydrogens (primary N) is 1. The van der Waals surface area contributed by atoms with Crippen molar-refractivity contribution < 1.29 is 22.6 Å². The number of alkyl halides is 3. The van der Waals surface area contributed by atoms with E-state index in [2.05, 4.69) is 14.7 Å². The fourth-order valence-corrected chi connectivity index (χ4v) is 1.56. The van der Waals surface area contributed by atoms with Gasteiger partial charge in [0.2, 0.25) is 5.88 Å². The third kappa shape index (κ3) is 4.23. The lowest BCUT2D eigenvalue weighted by Crippen LogP contribution is -2.17. The highest BCUT2D eigenvalue weighted by Gasteiger charge is 2.32. The number of nitrogens with zero attached hydrogens (tertiary/aromatic N) is 2. The lowest BCUT2D eigenvalue weighted by atomic mass is 10.3. The van der Waals surface area contributed by atoms with Gasteiger partial charge < -0.3 is 15.2 Å². The van der Waals surface area contributed by atoms with Gasteiger partial charge in [-0.05, 0) is 12.1 Å². The molecule has 0 aliphatic heterocycles. The lowest BCUT2D eigenvalue weighted by molar-refractivity contribution is -0.275. The second kappa shape index (κ2) is 5.86. The first kappa shape index (κ1) is 14.9. The second-order valence-corrected chi connectivity index (χ2v) is 4.00. The van der Waals surface area contributed by atoms with E-state index in [9.17, 15) is 13.2 Å². The summed E-state index contributed by atoms with van der Waals surface area (Å²) in [5.41, 5.74) is 5.59. The summed E-state index contributed by atoms with van der Waals surface area (Å²) >= 11 is 0. The number of nitrogen functional groups attached to an aromatic ring is 1. The van der Waals surface area contributed by atoms with E-state index in [1.54, 1.807) is 0 Å². The number of hydrogen-bond acceptors (Lipinski definition) is 5. The molecule has 0 spiro atoms. The summed E-state index contributed by atoms with van der Waals surface area (Å²) in [6, 6.07) is 6.73. The zero-order chi connectivity index (χ0) is 15.5. The molecule has 2 N–H and O–H groups in total. The molecule has 1 aromatic carbocycles. The van der Waals surface area contributed by atoms with Crippen LogP contribution in [0.4, 0.5) is 19.0 Å². The number of aryl methyl sites for hydroxylation is 1. The van der Waals surface area contributed by atoms with Gasteiger partial charge in [-0.1, -0.05) is 19.1 Å². The molecule has 112 valence electrons. The molecular formula is C13H12F3N3O2. The SMILES string of the molecule is CCc1nc(N)cc(Oc2ccccc2OC(F)(F)F)n1. The van der Waals surface area contributed by atoms with Gasteiger partial charge in [-0.2, -0.15) is 4.98 Å². The standard InChI is InChI=1S/C13H12F3N3O2/c1-2-11-18-10(17)7-12(19-11)20-8-5-3-4-6-9(8)21-13(14,15)16/h3-7H,2H2,1H3,(H2,17,18,19). The van der Waals surface area contributed by atoms with E-state index < -0.39 is 12.1 Å². The molecule has 8 heteroatoms. The monoisotopic (exact) mass is 299 g/mol. The van der Waals surface area contributed by atoms with Crippen molar-refractivity contribution in [2.24, 2.45) is 0 Å². The van der Waals surface area contributed by atoms with Crippen LogP contribution in [-0.4, -0.2) is 16.3 Å². The van der Waals surface area contributed by atoms with Gasteiger partial charge in [-0.25, -0.2) is 4.98 Å². The van der Waals surface area contributed by atoms with Gasteiger partial charge in [0.05, 0.1) is 0 Å². The molecule has 0 saturated heterocycles. The number of rotatable bonds is 4. The third-order valence-electron chi connectivity index (χ3n) is 2.37. The van der Waals surface area contributed by atoms with Crippen LogP contribution in [0.1, 0.15) is 12.7 Å². The largest absolute Gasteiger partial charge is 0.573 e. The van der Waals surface area contributed by atoms with Crippen molar-refractivity contribution >= 4 is 5.82 Å². The van der Waals surface area contributed by atoms with Crippen molar-refractivity contribution in [2.75, 3.05) is 5.73 Å². The molecule has 0 saturated carbocycles. The topological polar surface area (TPSA) is 70.3 Å². The van der Waals surface area contributed by atoms with Crippen LogP contribution >= 0.6 is 0 Å². The Labute approximate surface area is 118 Å². The molecule has 2 aromatic rings. The van der Waals surface area contributed by atoms with Gasteiger partial charge in [-0.3, -0.25) is 0 Å². The van der Waals surface area contributed by atoms with Crippen LogP contribution in [0.15, 0.2) is 30.3 Å². The van der Waals surface area contributed by atoms with Crippen molar-refractivity contribution in [3.63, 3.8) is 0 Å². The van der Waals surface area contributed by atoms with Gasteiger partial charge in [0.1, 0.15) is 11.6 Å². The molecule has 1 heterocycles. The molecule has 0 bridgehead atoms. The normalized spacial score (nSPS) is 11.2. The maximum atomic E-state index is 12.3. The minimum absolute atomic E-state index is 0.0533. The highest BCUT2D eigenvalue weighted by atomic mass is 19.4. The number of anilines is 1. The Morgan fingerprint density at radius 3 is 2.43 bits per heavy atom. The predicted octanol–water partition coefficient (Wildman–Crippen LogP) is 3.31. The minimum Gasteiger partial charge on any atom is -0.435 e. The summed E-state index contributed by atoms with van der Waals surface area (Å²) in [5, 5.41) is 0. The molecule has 0 amide bonds. The molecule has 0 unspecified atom stereocenters. The Kier molecular flexibility index (Phi) is 4.15. The number of benzene rings is 1. The van der Waals surface area contributed by atoms with Gasteiger partial charge in [0.15, 0.2) is 11.5 Å². The molecule has 0 fully saturated rings. The molecule has 2 rings (SSSR count). The van der Waals surface area contributed by atoms with E-state index >= 15 is 0 Å². The second-order valence-electron chi connectivity index (χ2n) is 4.00. The quantitative estimate of drug-likeness (QED) is 0.937. The first-order valence-corrected chi connectivity index (χ1v) is 6.03. The van der Waals surface area contributed by atoms with E-state index in [4.69, 9.17) is 10.5 Å². The zero-order valence-corrected chi connectivity index (χ0v) is 11.0. The number of ether oxygens (including phenoxy) is 2. The minimum atomic E-state index is -4.81. The van der Waals surface area contributed by atoms with Gasteiger partial charge in [-0.15, -0.1) is 13.2 Å². The number of hydrogen-bond donors (Lipinski definition) is 1. The van der Waals surface area contributed by atoms with Crippen LogP contribution in [0.5, 0.6) is 17.4 Å². The summed E-state index contributed by atoms with van der Waals surface area (Å²) in [7, 11) is 0. The highest BCUT2D eigenvalue weighted by Crippen LogP contribution is 2.34. The predicted molar refractivity (Wildman–Crippen MR) is 69.0 cm³/mol. The van der Waals surface area contributed by atoms with Crippen LogP contribution in [0, 0.1) is 0 Å². The van der Waals surface area contributed by atoms with E-state index in [1.165, 1.54) is 24.3 Å². The van der Waals surface area contributed by atoms with Crippen molar-refractivity contribution in [1.82, 2.24) is 9.97 Å². The smallest absolute Gasteiger partial charge is 0.435 e. The lowest BCUT2D eigenvalue weighted by Gasteiger charge is -2.13. The molecule has 0 atom stereocenters. The average Bonchev–Trinajstić information content (AvgIpc) is 2.38. The fraction of sp³-hybridized carbons (Fsp3) is 0.231. The van der Waals surface area contributed by atoms with Crippen LogP contribution in [-0.2, 0) is 6.42 Å². The summed E-state index contributed by atoms with van der Waals surface area (Å²) in [6.45, 7) is 1.82. The molecule has 0 radical (unpaired) electrons. The Bertz CT molecular complexity index is 632. The summed E-state index contributed by atoms with van der Waals surface area (Å²) in [6.07, 6.45) is -4.29. The van der Waals surface area contributed by atoms with Gasteiger partial charge in [0, 0.05) is 12.5 Å². The maximum absolute atomic E-state index is 12.3. The molecule has 21 heavy (non-hydrogen) atoms. The van der Waals surface area contributed by atoms with Crippen LogP contribution in [0.2, 0.25) is 0 Å². The van der Waals surface area contributed by atoms with Crippen LogP contribution < -0.4 is 15.2 Å². The Hall–Kier alpha value is -2.51. The molecule has 0 aliphatic carbocycles. The van der Waals surface area contributed by atoms with Crippen molar-refractivity contribution in [1.29, 1.82) is 0 Å². The Balaban J connectivity index is 2.29. The Morgan fingerprint density at radius 2 is 1.81 bits per heavy atom.